The normalized spacial score (nSPS) is 10.2. The molecule has 0 bridgehead atoms. The second kappa shape index (κ2) is 6.14. The van der Waals surface area contributed by atoms with Gasteiger partial charge in [-0.15, -0.1) is 0 Å². The Kier molecular flexibility index (Phi) is 4.30. The number of hydrogen-bond donors (Lipinski definition) is 1. The van der Waals surface area contributed by atoms with E-state index in [4.69, 9.17) is 0 Å². The van der Waals surface area contributed by atoms with Crippen LogP contribution in [-0.4, -0.2) is 29.5 Å². The van der Waals surface area contributed by atoms with E-state index in [-0.39, 0.29) is 5.91 Å². The van der Waals surface area contributed by atoms with E-state index in [1.54, 1.807) is 18.1 Å². The molecule has 2 rings (SSSR count). The molecule has 1 aromatic heterocycles. The maximum absolute atomic E-state index is 12.4. The Bertz CT molecular complexity index is 595. The Hall–Kier alpha value is -2.43. The van der Waals surface area contributed by atoms with Gasteiger partial charge in [-0.1, -0.05) is 18.2 Å². The Morgan fingerprint density at radius 3 is 2.60 bits per heavy atom. The van der Waals surface area contributed by atoms with Crippen LogP contribution in [-0.2, 0) is 0 Å². The van der Waals surface area contributed by atoms with E-state index in [1.165, 1.54) is 6.20 Å². The minimum Gasteiger partial charge on any atom is -0.369 e. The Morgan fingerprint density at radius 1 is 1.25 bits per heavy atom. The van der Waals surface area contributed by atoms with E-state index in [9.17, 15) is 4.79 Å². The van der Waals surface area contributed by atoms with Gasteiger partial charge in [-0.3, -0.25) is 4.79 Å². The molecular weight excluding hydrogens is 252 g/mol. The quantitative estimate of drug-likeness (QED) is 0.927. The van der Waals surface area contributed by atoms with Crippen LogP contribution in [0.25, 0.3) is 0 Å². The summed E-state index contributed by atoms with van der Waals surface area (Å²) in [7, 11) is 1.74. The lowest BCUT2D eigenvalue weighted by Crippen LogP contribution is -2.27. The fourth-order valence-electron chi connectivity index (χ4n) is 1.93. The van der Waals surface area contributed by atoms with Crippen molar-refractivity contribution in [1.82, 2.24) is 9.97 Å². The lowest BCUT2D eigenvalue weighted by atomic mass is 10.2. The number of amides is 1. The van der Waals surface area contributed by atoms with Crippen molar-refractivity contribution in [1.29, 1.82) is 0 Å². The van der Waals surface area contributed by atoms with E-state index >= 15 is 0 Å². The highest BCUT2D eigenvalue weighted by Crippen LogP contribution is 2.19. The molecule has 5 heteroatoms. The number of benzene rings is 1. The van der Waals surface area contributed by atoms with Crippen molar-refractivity contribution < 1.29 is 4.79 Å². The largest absolute Gasteiger partial charge is 0.369 e. The number of nitrogens with zero attached hydrogens (tertiary/aromatic N) is 3. The van der Waals surface area contributed by atoms with Crippen molar-refractivity contribution in [3.05, 3.63) is 47.9 Å². The third kappa shape index (κ3) is 2.93. The molecule has 0 saturated carbocycles. The van der Waals surface area contributed by atoms with Crippen LogP contribution < -0.4 is 10.2 Å². The van der Waals surface area contributed by atoms with Gasteiger partial charge in [0.1, 0.15) is 11.5 Å². The molecule has 0 atom stereocenters. The maximum atomic E-state index is 12.4. The number of aryl methyl sites for hydroxylation is 1. The van der Waals surface area contributed by atoms with Gasteiger partial charge in [0, 0.05) is 19.3 Å². The molecule has 1 heterocycles. The molecule has 0 aliphatic carbocycles. The van der Waals surface area contributed by atoms with Crippen molar-refractivity contribution in [3.63, 3.8) is 0 Å². The summed E-state index contributed by atoms with van der Waals surface area (Å²) in [6.45, 7) is 4.72. The highest BCUT2D eigenvalue weighted by Gasteiger charge is 2.16. The first-order valence-electron chi connectivity index (χ1n) is 6.53. The van der Waals surface area contributed by atoms with Crippen LogP contribution in [0.5, 0.6) is 0 Å². The van der Waals surface area contributed by atoms with Gasteiger partial charge in [0.15, 0.2) is 0 Å². The highest BCUT2D eigenvalue weighted by atomic mass is 16.2. The number of anilines is 2. The van der Waals surface area contributed by atoms with Crippen molar-refractivity contribution >= 4 is 17.4 Å². The summed E-state index contributed by atoms with van der Waals surface area (Å²) in [5.41, 5.74) is 2.24. The molecule has 0 aliphatic rings. The fraction of sp³-hybridized carbons (Fsp3) is 0.267. The zero-order chi connectivity index (χ0) is 14.5. The molecule has 20 heavy (non-hydrogen) atoms. The molecule has 1 N–H and O–H groups in total. The Morgan fingerprint density at radius 2 is 2.00 bits per heavy atom. The summed E-state index contributed by atoms with van der Waals surface area (Å²) in [4.78, 5) is 22.3. The third-order valence-electron chi connectivity index (χ3n) is 3.01. The fourth-order valence-corrected chi connectivity index (χ4v) is 1.93. The van der Waals surface area contributed by atoms with Crippen molar-refractivity contribution in [2.75, 3.05) is 23.8 Å². The van der Waals surface area contributed by atoms with Gasteiger partial charge in [-0.2, -0.15) is 0 Å². The molecular formula is C15H18N4O. The van der Waals surface area contributed by atoms with Gasteiger partial charge in [0.2, 0.25) is 0 Å². The molecule has 1 amide bonds. The molecule has 0 radical (unpaired) electrons. The smallest absolute Gasteiger partial charge is 0.278 e. The van der Waals surface area contributed by atoms with Crippen LogP contribution in [0.2, 0.25) is 0 Å². The minimum atomic E-state index is -0.171. The van der Waals surface area contributed by atoms with Crippen molar-refractivity contribution in [2.45, 2.75) is 13.8 Å². The number of hydrogen-bond acceptors (Lipinski definition) is 4. The molecule has 0 unspecified atom stereocenters. The number of rotatable bonds is 4. The molecule has 104 valence electrons. The minimum absolute atomic E-state index is 0.171. The van der Waals surface area contributed by atoms with Gasteiger partial charge < -0.3 is 10.2 Å². The zero-order valence-corrected chi connectivity index (χ0v) is 11.9. The van der Waals surface area contributed by atoms with E-state index < -0.39 is 0 Å². The van der Waals surface area contributed by atoms with Gasteiger partial charge in [0.05, 0.1) is 12.4 Å². The molecule has 0 fully saturated rings. The molecule has 0 saturated heterocycles. The summed E-state index contributed by atoms with van der Waals surface area (Å²) in [5, 5.41) is 3.05. The maximum Gasteiger partial charge on any atom is 0.278 e. The standard InChI is InChI=1S/C15H18N4O/c1-4-16-14-10-17-12(9-18-14)15(20)19(3)13-8-6-5-7-11(13)2/h5-10H,4H2,1-3H3,(H,16,18). The number of aromatic nitrogens is 2. The van der Waals surface area contributed by atoms with Gasteiger partial charge >= 0.3 is 0 Å². The Labute approximate surface area is 118 Å². The number of nitrogens with one attached hydrogen (secondary N) is 1. The van der Waals surface area contributed by atoms with Gasteiger partial charge in [-0.05, 0) is 25.5 Å². The number of carbonyl (C=O) groups is 1. The predicted molar refractivity (Wildman–Crippen MR) is 80.1 cm³/mol. The third-order valence-corrected chi connectivity index (χ3v) is 3.01. The summed E-state index contributed by atoms with van der Waals surface area (Å²) in [5.74, 6) is 0.498. The number of para-hydroxylation sites is 1. The molecule has 2 aromatic rings. The highest BCUT2D eigenvalue weighted by molar-refractivity contribution is 6.04. The average Bonchev–Trinajstić information content (AvgIpc) is 2.47. The first kappa shape index (κ1) is 14.0. The molecule has 5 nitrogen and oxygen atoms in total. The lowest BCUT2D eigenvalue weighted by Gasteiger charge is -2.18. The molecule has 0 spiro atoms. The SMILES string of the molecule is CCNc1cnc(C(=O)N(C)c2ccccc2C)cn1. The van der Waals surface area contributed by atoms with E-state index in [0.29, 0.717) is 11.5 Å². The molecule has 0 aliphatic heterocycles. The van der Waals surface area contributed by atoms with Crippen LogP contribution in [0, 0.1) is 6.92 Å². The number of carbonyl (C=O) groups excluding carboxylic acids is 1. The topological polar surface area (TPSA) is 58.1 Å². The van der Waals surface area contributed by atoms with Gasteiger partial charge in [-0.25, -0.2) is 9.97 Å². The predicted octanol–water partition coefficient (Wildman–Crippen LogP) is 2.49. The zero-order valence-electron chi connectivity index (χ0n) is 11.9. The Balaban J connectivity index is 2.20. The van der Waals surface area contributed by atoms with E-state index in [1.807, 2.05) is 38.1 Å². The van der Waals surface area contributed by atoms with Crippen LogP contribution in [0.15, 0.2) is 36.7 Å². The van der Waals surface area contributed by atoms with Gasteiger partial charge in [0.25, 0.3) is 5.91 Å². The monoisotopic (exact) mass is 270 g/mol. The summed E-state index contributed by atoms with van der Waals surface area (Å²) < 4.78 is 0. The van der Waals surface area contributed by atoms with Crippen molar-refractivity contribution in [3.8, 4) is 0 Å². The molecule has 1 aromatic carbocycles. The van der Waals surface area contributed by atoms with Crippen LogP contribution in [0.1, 0.15) is 23.0 Å². The second-order valence-corrected chi connectivity index (χ2v) is 4.47. The lowest BCUT2D eigenvalue weighted by molar-refractivity contribution is 0.0988. The van der Waals surface area contributed by atoms with Crippen LogP contribution in [0.3, 0.4) is 0 Å². The first-order chi connectivity index (χ1) is 9.63. The average molecular weight is 270 g/mol. The summed E-state index contributed by atoms with van der Waals surface area (Å²) >= 11 is 0. The summed E-state index contributed by atoms with van der Waals surface area (Å²) in [6.07, 6.45) is 3.07. The van der Waals surface area contributed by atoms with E-state index in [0.717, 1.165) is 17.8 Å². The van der Waals surface area contributed by atoms with E-state index in [2.05, 4.69) is 15.3 Å². The van der Waals surface area contributed by atoms with Crippen LogP contribution in [0.4, 0.5) is 11.5 Å². The second-order valence-electron chi connectivity index (χ2n) is 4.47. The van der Waals surface area contributed by atoms with Crippen LogP contribution >= 0.6 is 0 Å². The summed E-state index contributed by atoms with van der Waals surface area (Å²) in [6, 6.07) is 7.74. The van der Waals surface area contributed by atoms with Crippen molar-refractivity contribution in [2.24, 2.45) is 0 Å². The first-order valence-corrected chi connectivity index (χ1v) is 6.53.